The highest BCUT2D eigenvalue weighted by atomic mass is 16.5. The molecule has 3 nitrogen and oxygen atoms in total. The normalized spacial score (nSPS) is 39.4. The third-order valence-corrected chi connectivity index (χ3v) is 3.70. The molecule has 0 spiro atoms. The highest BCUT2D eigenvalue weighted by Gasteiger charge is 2.35. The van der Waals surface area contributed by atoms with E-state index in [4.69, 9.17) is 4.74 Å². The summed E-state index contributed by atoms with van der Waals surface area (Å²) in [5, 5.41) is 3.55. The van der Waals surface area contributed by atoms with Gasteiger partial charge in [0.15, 0.2) is 0 Å². The van der Waals surface area contributed by atoms with Crippen LogP contribution in [-0.4, -0.2) is 49.8 Å². The maximum absolute atomic E-state index is 5.32. The van der Waals surface area contributed by atoms with Crippen LogP contribution in [0.2, 0.25) is 0 Å². The molecule has 2 aliphatic rings. The maximum Gasteiger partial charge on any atom is 0.0601 e. The van der Waals surface area contributed by atoms with Crippen molar-refractivity contribution in [2.24, 2.45) is 0 Å². The van der Waals surface area contributed by atoms with Gasteiger partial charge in [-0.25, -0.2) is 0 Å². The van der Waals surface area contributed by atoms with E-state index in [1.165, 1.54) is 32.4 Å². The number of piperazine rings is 1. The molecule has 2 fully saturated rings. The largest absolute Gasteiger partial charge is 0.381 e. The van der Waals surface area contributed by atoms with Crippen molar-refractivity contribution in [2.45, 2.75) is 44.4 Å². The number of methoxy groups -OCH3 is 1. The summed E-state index contributed by atoms with van der Waals surface area (Å²) in [6, 6.07) is 1.52. The van der Waals surface area contributed by atoms with Crippen molar-refractivity contribution in [1.82, 2.24) is 10.2 Å². The lowest BCUT2D eigenvalue weighted by Crippen LogP contribution is -2.57. The molecule has 1 N–H and O–H groups in total. The fourth-order valence-electron chi connectivity index (χ4n) is 2.48. The van der Waals surface area contributed by atoms with Gasteiger partial charge in [0.05, 0.1) is 6.10 Å². The monoisotopic (exact) mass is 198 g/mol. The second-order valence-electron chi connectivity index (χ2n) is 4.54. The molecule has 0 amide bonds. The number of nitrogens with zero attached hydrogens (tertiary/aromatic N) is 1. The van der Waals surface area contributed by atoms with Crippen LogP contribution in [0.15, 0.2) is 0 Å². The van der Waals surface area contributed by atoms with Gasteiger partial charge in [0.1, 0.15) is 0 Å². The first-order chi connectivity index (χ1) is 6.83. The third-order valence-electron chi connectivity index (χ3n) is 3.70. The van der Waals surface area contributed by atoms with Gasteiger partial charge in [0.25, 0.3) is 0 Å². The maximum atomic E-state index is 5.32. The molecule has 0 bridgehead atoms. The quantitative estimate of drug-likeness (QED) is 0.727. The molecule has 3 heteroatoms. The van der Waals surface area contributed by atoms with Gasteiger partial charge in [-0.3, -0.25) is 4.90 Å². The van der Waals surface area contributed by atoms with Crippen LogP contribution in [0.1, 0.15) is 26.2 Å². The Labute approximate surface area is 86.8 Å². The fraction of sp³-hybridized carbons (Fsp3) is 1.00. The van der Waals surface area contributed by atoms with Crippen LogP contribution in [0.4, 0.5) is 0 Å². The molecule has 0 aromatic rings. The number of ether oxygens (including phenoxy) is 1. The van der Waals surface area contributed by atoms with Gasteiger partial charge in [-0.2, -0.15) is 0 Å². The standard InChI is InChI=1S/C11H22N2O/c1-3-9-8-13(5-4-12-9)10-6-11(7-10)14-2/h9-12H,3-8H2,1-2H3. The molecule has 1 atom stereocenters. The Balaban J connectivity index is 1.75. The number of rotatable bonds is 3. The number of nitrogens with one attached hydrogen (secondary N) is 1. The minimum absolute atomic E-state index is 0.537. The summed E-state index contributed by atoms with van der Waals surface area (Å²) in [4.78, 5) is 2.64. The first-order valence-electron chi connectivity index (χ1n) is 5.83. The van der Waals surface area contributed by atoms with E-state index in [-0.39, 0.29) is 0 Å². The van der Waals surface area contributed by atoms with Crippen LogP contribution < -0.4 is 5.32 Å². The molecule has 0 aromatic heterocycles. The SMILES string of the molecule is CCC1CN(C2CC(OC)C2)CCN1. The van der Waals surface area contributed by atoms with Crippen LogP contribution in [0.25, 0.3) is 0 Å². The van der Waals surface area contributed by atoms with E-state index in [0.717, 1.165) is 12.6 Å². The summed E-state index contributed by atoms with van der Waals surface area (Å²) in [5.74, 6) is 0. The lowest BCUT2D eigenvalue weighted by molar-refractivity contribution is -0.0347. The van der Waals surface area contributed by atoms with Gasteiger partial charge in [0.2, 0.25) is 0 Å². The fourth-order valence-corrected chi connectivity index (χ4v) is 2.48. The summed E-state index contributed by atoms with van der Waals surface area (Å²) in [5.41, 5.74) is 0. The van der Waals surface area contributed by atoms with Crippen LogP contribution in [0.3, 0.4) is 0 Å². The van der Waals surface area contributed by atoms with E-state index in [0.29, 0.717) is 12.1 Å². The Kier molecular flexibility index (Phi) is 3.42. The molecule has 0 radical (unpaired) electrons. The average Bonchev–Trinajstić information content (AvgIpc) is 2.17. The molecular formula is C11H22N2O. The van der Waals surface area contributed by atoms with Crippen LogP contribution in [0, 0.1) is 0 Å². The molecule has 1 aliphatic heterocycles. The minimum atomic E-state index is 0.537. The highest BCUT2D eigenvalue weighted by Crippen LogP contribution is 2.28. The van der Waals surface area contributed by atoms with E-state index < -0.39 is 0 Å². The Morgan fingerprint density at radius 3 is 2.86 bits per heavy atom. The van der Waals surface area contributed by atoms with Gasteiger partial charge in [-0.05, 0) is 19.3 Å². The predicted molar refractivity (Wildman–Crippen MR) is 57.5 cm³/mol. The molecule has 82 valence electrons. The van der Waals surface area contributed by atoms with E-state index in [2.05, 4.69) is 17.1 Å². The van der Waals surface area contributed by atoms with Gasteiger partial charge in [-0.15, -0.1) is 0 Å². The van der Waals surface area contributed by atoms with Crippen molar-refractivity contribution in [2.75, 3.05) is 26.7 Å². The topological polar surface area (TPSA) is 24.5 Å². The van der Waals surface area contributed by atoms with Crippen LogP contribution in [0.5, 0.6) is 0 Å². The molecular weight excluding hydrogens is 176 g/mol. The average molecular weight is 198 g/mol. The molecule has 1 unspecified atom stereocenters. The molecule has 1 saturated carbocycles. The van der Waals surface area contributed by atoms with Crippen molar-refractivity contribution < 1.29 is 4.74 Å². The van der Waals surface area contributed by atoms with Crippen LogP contribution in [-0.2, 0) is 4.74 Å². The summed E-state index contributed by atoms with van der Waals surface area (Å²) in [7, 11) is 1.83. The van der Waals surface area contributed by atoms with Crippen molar-refractivity contribution in [3.8, 4) is 0 Å². The first-order valence-corrected chi connectivity index (χ1v) is 5.83. The Morgan fingerprint density at radius 1 is 1.43 bits per heavy atom. The van der Waals surface area contributed by atoms with E-state index >= 15 is 0 Å². The molecule has 1 saturated heterocycles. The lowest BCUT2D eigenvalue weighted by Gasteiger charge is -2.45. The van der Waals surface area contributed by atoms with Crippen molar-refractivity contribution in [3.63, 3.8) is 0 Å². The van der Waals surface area contributed by atoms with Crippen molar-refractivity contribution in [3.05, 3.63) is 0 Å². The summed E-state index contributed by atoms with van der Waals surface area (Å²) in [6.07, 6.45) is 4.27. The zero-order valence-electron chi connectivity index (χ0n) is 9.33. The number of hydrogen-bond acceptors (Lipinski definition) is 3. The first kappa shape index (κ1) is 10.4. The molecule has 1 heterocycles. The van der Waals surface area contributed by atoms with Crippen molar-refractivity contribution in [1.29, 1.82) is 0 Å². The highest BCUT2D eigenvalue weighted by molar-refractivity contribution is 4.91. The Morgan fingerprint density at radius 2 is 2.21 bits per heavy atom. The van der Waals surface area contributed by atoms with Gasteiger partial charge >= 0.3 is 0 Å². The molecule has 14 heavy (non-hydrogen) atoms. The molecule has 0 aromatic carbocycles. The molecule has 1 aliphatic carbocycles. The summed E-state index contributed by atoms with van der Waals surface area (Å²) < 4.78 is 5.32. The second kappa shape index (κ2) is 4.60. The van der Waals surface area contributed by atoms with Gasteiger partial charge in [0, 0.05) is 38.8 Å². The second-order valence-corrected chi connectivity index (χ2v) is 4.54. The van der Waals surface area contributed by atoms with Gasteiger partial charge in [-0.1, -0.05) is 6.92 Å². The predicted octanol–water partition coefficient (Wildman–Crippen LogP) is 0.848. The summed E-state index contributed by atoms with van der Waals surface area (Å²) >= 11 is 0. The lowest BCUT2D eigenvalue weighted by atomic mass is 9.87. The Bertz CT molecular complexity index is 180. The van der Waals surface area contributed by atoms with E-state index in [9.17, 15) is 0 Å². The smallest absolute Gasteiger partial charge is 0.0601 e. The summed E-state index contributed by atoms with van der Waals surface area (Å²) in [6.45, 7) is 5.88. The van der Waals surface area contributed by atoms with Gasteiger partial charge < -0.3 is 10.1 Å². The van der Waals surface area contributed by atoms with Crippen LogP contribution >= 0.6 is 0 Å². The Hall–Kier alpha value is -0.120. The van der Waals surface area contributed by atoms with Crippen molar-refractivity contribution >= 4 is 0 Å². The third kappa shape index (κ3) is 2.10. The zero-order chi connectivity index (χ0) is 9.97. The number of hydrogen-bond donors (Lipinski definition) is 1. The molecule has 2 rings (SSSR count). The van der Waals surface area contributed by atoms with E-state index in [1.807, 2.05) is 7.11 Å². The van der Waals surface area contributed by atoms with E-state index in [1.54, 1.807) is 0 Å². The minimum Gasteiger partial charge on any atom is -0.381 e. The zero-order valence-corrected chi connectivity index (χ0v) is 9.33.